The number of hydrogen-bond acceptors (Lipinski definition) is 5. The number of nitro groups is 1. The Kier molecular flexibility index (Phi) is 2.75. The molecule has 0 spiro atoms. The second-order valence-corrected chi connectivity index (χ2v) is 5.47. The van der Waals surface area contributed by atoms with E-state index in [0.29, 0.717) is 6.54 Å². The Labute approximate surface area is 112 Å². The number of non-ortho nitro benzene ring substituents is 1. The van der Waals surface area contributed by atoms with Crippen LogP contribution in [0.2, 0.25) is 0 Å². The zero-order valence-corrected chi connectivity index (χ0v) is 10.9. The van der Waals surface area contributed by atoms with Gasteiger partial charge in [-0.3, -0.25) is 14.8 Å². The minimum atomic E-state index is -0.399. The fraction of sp³-hybridized carbons (Fsp3) is 0.167. The topological polar surface area (TPSA) is 73.8 Å². The van der Waals surface area contributed by atoms with Crippen LogP contribution in [0.1, 0.15) is 9.88 Å². The summed E-state index contributed by atoms with van der Waals surface area (Å²) in [6.07, 6.45) is 3.48. The molecule has 0 saturated heterocycles. The van der Waals surface area contributed by atoms with Crippen LogP contribution in [0.25, 0.3) is 10.9 Å². The van der Waals surface area contributed by atoms with Crippen molar-refractivity contribution >= 4 is 27.9 Å². The highest BCUT2D eigenvalue weighted by molar-refractivity contribution is 7.11. The number of nitro benzene ring substituents is 1. The van der Waals surface area contributed by atoms with Gasteiger partial charge in [-0.25, -0.2) is 4.98 Å². The molecule has 0 amide bonds. The maximum absolute atomic E-state index is 10.7. The zero-order valence-electron chi connectivity index (χ0n) is 10.1. The lowest BCUT2D eigenvalue weighted by Crippen LogP contribution is -1.99. The first-order valence-corrected chi connectivity index (χ1v) is 6.46. The molecule has 0 aliphatic carbocycles. The van der Waals surface area contributed by atoms with Gasteiger partial charge in [0.1, 0.15) is 0 Å². The number of fused-ring (bicyclic) bond motifs is 1. The summed E-state index contributed by atoms with van der Waals surface area (Å²) < 4.78 is 1.83. The van der Waals surface area contributed by atoms with Gasteiger partial charge in [0.2, 0.25) is 0 Å². The summed E-state index contributed by atoms with van der Waals surface area (Å²) in [6, 6.07) is 4.77. The molecule has 19 heavy (non-hydrogen) atoms. The van der Waals surface area contributed by atoms with Gasteiger partial charge >= 0.3 is 0 Å². The first kappa shape index (κ1) is 11.8. The summed E-state index contributed by atoms with van der Waals surface area (Å²) in [4.78, 5) is 15.6. The summed E-state index contributed by atoms with van der Waals surface area (Å²) >= 11 is 1.62. The lowest BCUT2D eigenvalue weighted by molar-refractivity contribution is -0.384. The SMILES string of the molecule is Cc1ncc(Cn2ncc3cc([N+](=O)[O-])ccc32)s1. The van der Waals surface area contributed by atoms with E-state index in [1.54, 1.807) is 23.6 Å². The van der Waals surface area contributed by atoms with Gasteiger partial charge < -0.3 is 0 Å². The van der Waals surface area contributed by atoms with Crippen LogP contribution in [-0.2, 0) is 6.54 Å². The number of rotatable bonds is 3. The second kappa shape index (κ2) is 4.43. The van der Waals surface area contributed by atoms with Crippen LogP contribution in [0.4, 0.5) is 5.69 Å². The Morgan fingerprint density at radius 1 is 1.42 bits per heavy atom. The molecule has 0 aliphatic heterocycles. The fourth-order valence-corrected chi connectivity index (χ4v) is 2.72. The van der Waals surface area contributed by atoms with Crippen molar-refractivity contribution in [3.8, 4) is 0 Å². The number of hydrogen-bond donors (Lipinski definition) is 0. The largest absolute Gasteiger partial charge is 0.270 e. The molecule has 0 bridgehead atoms. The predicted octanol–water partition coefficient (Wildman–Crippen LogP) is 2.76. The molecule has 3 aromatic rings. The van der Waals surface area contributed by atoms with Crippen molar-refractivity contribution in [1.29, 1.82) is 0 Å². The average molecular weight is 274 g/mol. The molecule has 2 aromatic heterocycles. The summed E-state index contributed by atoms with van der Waals surface area (Å²) in [5.41, 5.74) is 0.970. The van der Waals surface area contributed by atoms with Crippen LogP contribution in [0.15, 0.2) is 30.6 Å². The van der Waals surface area contributed by atoms with Gasteiger partial charge in [0, 0.05) is 28.6 Å². The molecular weight excluding hydrogens is 264 g/mol. The van der Waals surface area contributed by atoms with Gasteiger partial charge in [0.15, 0.2) is 0 Å². The number of thiazole rings is 1. The minimum Gasteiger partial charge on any atom is -0.260 e. The molecular formula is C12H10N4O2S. The lowest BCUT2D eigenvalue weighted by Gasteiger charge is -2.00. The third kappa shape index (κ3) is 2.19. The Bertz CT molecular complexity index is 762. The van der Waals surface area contributed by atoms with E-state index in [1.807, 2.05) is 17.8 Å². The van der Waals surface area contributed by atoms with E-state index in [-0.39, 0.29) is 5.69 Å². The number of nitrogens with zero attached hydrogens (tertiary/aromatic N) is 4. The van der Waals surface area contributed by atoms with Crippen molar-refractivity contribution in [3.63, 3.8) is 0 Å². The van der Waals surface area contributed by atoms with Crippen LogP contribution >= 0.6 is 11.3 Å². The zero-order chi connectivity index (χ0) is 13.4. The van der Waals surface area contributed by atoms with E-state index in [4.69, 9.17) is 0 Å². The molecule has 0 N–H and O–H groups in total. The van der Waals surface area contributed by atoms with E-state index < -0.39 is 4.92 Å². The third-order valence-corrected chi connectivity index (χ3v) is 3.71. The Morgan fingerprint density at radius 3 is 2.95 bits per heavy atom. The molecule has 1 aromatic carbocycles. The van der Waals surface area contributed by atoms with Crippen LogP contribution in [0.5, 0.6) is 0 Å². The van der Waals surface area contributed by atoms with Crippen molar-refractivity contribution < 1.29 is 4.92 Å². The first-order valence-electron chi connectivity index (χ1n) is 5.65. The first-order chi connectivity index (χ1) is 9.13. The summed E-state index contributed by atoms with van der Waals surface area (Å²) in [5, 5.41) is 16.8. The predicted molar refractivity (Wildman–Crippen MR) is 72.3 cm³/mol. The molecule has 0 saturated carbocycles. The highest BCUT2D eigenvalue weighted by atomic mass is 32.1. The van der Waals surface area contributed by atoms with E-state index in [1.165, 1.54) is 12.1 Å². The molecule has 6 nitrogen and oxygen atoms in total. The van der Waals surface area contributed by atoms with E-state index in [9.17, 15) is 10.1 Å². The van der Waals surface area contributed by atoms with Crippen molar-refractivity contribution in [2.75, 3.05) is 0 Å². The summed E-state index contributed by atoms with van der Waals surface area (Å²) in [6.45, 7) is 2.59. The molecule has 0 unspecified atom stereocenters. The van der Waals surface area contributed by atoms with Crippen LogP contribution in [0.3, 0.4) is 0 Å². The highest BCUT2D eigenvalue weighted by Gasteiger charge is 2.10. The van der Waals surface area contributed by atoms with Crippen LogP contribution < -0.4 is 0 Å². The van der Waals surface area contributed by atoms with Crippen molar-refractivity contribution in [3.05, 3.63) is 50.6 Å². The molecule has 2 heterocycles. The molecule has 96 valence electrons. The normalized spacial score (nSPS) is 11.0. The quantitative estimate of drug-likeness (QED) is 0.543. The summed E-state index contributed by atoms with van der Waals surface area (Å²) in [7, 11) is 0. The van der Waals surface area contributed by atoms with E-state index in [0.717, 1.165) is 20.8 Å². The van der Waals surface area contributed by atoms with Gasteiger partial charge in [-0.2, -0.15) is 5.10 Å². The Morgan fingerprint density at radius 2 is 2.26 bits per heavy atom. The molecule has 3 rings (SSSR count). The minimum absolute atomic E-state index is 0.0840. The van der Waals surface area contributed by atoms with Crippen molar-refractivity contribution in [1.82, 2.24) is 14.8 Å². The molecule has 7 heteroatoms. The number of aryl methyl sites for hydroxylation is 1. The van der Waals surface area contributed by atoms with Crippen molar-refractivity contribution in [2.24, 2.45) is 0 Å². The van der Waals surface area contributed by atoms with Gasteiger partial charge in [0.05, 0.1) is 28.2 Å². The van der Waals surface area contributed by atoms with E-state index >= 15 is 0 Å². The fourth-order valence-electron chi connectivity index (χ4n) is 1.94. The highest BCUT2D eigenvalue weighted by Crippen LogP contribution is 2.22. The molecule has 0 atom stereocenters. The number of aromatic nitrogens is 3. The maximum Gasteiger partial charge on any atom is 0.270 e. The monoisotopic (exact) mass is 274 g/mol. The standard InChI is InChI=1S/C12H10N4O2S/c1-8-13-6-11(19-8)7-15-12-3-2-10(16(17)18)4-9(12)5-14-15/h2-6H,7H2,1H3. The van der Waals surface area contributed by atoms with Gasteiger partial charge in [-0.15, -0.1) is 11.3 Å². The Hall–Kier alpha value is -2.28. The molecule has 0 fully saturated rings. The lowest BCUT2D eigenvalue weighted by atomic mass is 10.2. The number of benzene rings is 1. The van der Waals surface area contributed by atoms with Crippen molar-refractivity contribution in [2.45, 2.75) is 13.5 Å². The average Bonchev–Trinajstić information content (AvgIpc) is 2.96. The van der Waals surface area contributed by atoms with Crippen LogP contribution in [-0.4, -0.2) is 19.7 Å². The second-order valence-electron chi connectivity index (χ2n) is 4.15. The molecule has 0 aliphatic rings. The van der Waals surface area contributed by atoms with Crippen LogP contribution in [0, 0.1) is 17.0 Å². The smallest absolute Gasteiger partial charge is 0.260 e. The summed E-state index contributed by atoms with van der Waals surface area (Å²) in [5.74, 6) is 0. The van der Waals surface area contributed by atoms with E-state index in [2.05, 4.69) is 10.1 Å². The molecule has 0 radical (unpaired) electrons. The van der Waals surface area contributed by atoms with Gasteiger partial charge in [-0.05, 0) is 13.0 Å². The van der Waals surface area contributed by atoms with Gasteiger partial charge in [-0.1, -0.05) is 0 Å². The maximum atomic E-state index is 10.7. The third-order valence-electron chi connectivity index (χ3n) is 2.81. The van der Waals surface area contributed by atoms with Gasteiger partial charge in [0.25, 0.3) is 5.69 Å². The Balaban J connectivity index is 1.99.